The Labute approximate surface area is 489 Å². The number of amides is 1. The van der Waals surface area contributed by atoms with E-state index in [-0.39, 0.29) is 12.5 Å². The number of aliphatic hydroxyl groups excluding tert-OH is 8. The highest BCUT2D eigenvalue weighted by molar-refractivity contribution is 5.76. The van der Waals surface area contributed by atoms with Crippen molar-refractivity contribution < 1.29 is 64.6 Å². The monoisotopic (exact) mass is 1140 g/mol. The van der Waals surface area contributed by atoms with E-state index < -0.39 is 86.8 Å². The van der Waals surface area contributed by atoms with Gasteiger partial charge in [0.2, 0.25) is 5.91 Å². The Bertz CT molecular complexity index is 1350. The molecule has 2 heterocycles. The summed E-state index contributed by atoms with van der Waals surface area (Å²) >= 11 is 0. The fourth-order valence-corrected chi connectivity index (χ4v) is 11.8. The number of aliphatic hydroxyl groups is 8. The lowest BCUT2D eigenvalue weighted by molar-refractivity contribution is -0.359. The number of carbonyl (C=O) groups is 1. The van der Waals surface area contributed by atoms with Gasteiger partial charge in [-0.2, -0.15) is 0 Å². The third-order valence-electron chi connectivity index (χ3n) is 17.3. The van der Waals surface area contributed by atoms with E-state index in [1.165, 1.54) is 244 Å². The Balaban J connectivity index is 1.59. The predicted octanol–water partition coefficient (Wildman–Crippen LogP) is 13.2. The van der Waals surface area contributed by atoms with Crippen molar-refractivity contribution in [1.82, 2.24) is 5.32 Å². The summed E-state index contributed by atoms with van der Waals surface area (Å²) in [7, 11) is 0. The van der Waals surface area contributed by atoms with Gasteiger partial charge in [-0.1, -0.05) is 303 Å². The molecule has 0 aliphatic carbocycles. The van der Waals surface area contributed by atoms with Crippen molar-refractivity contribution in [1.29, 1.82) is 0 Å². The van der Waals surface area contributed by atoms with E-state index in [1.807, 2.05) is 0 Å². The molecule has 0 spiro atoms. The molecule has 1 amide bonds. The molecule has 14 heteroatoms. The molecule has 0 saturated carbocycles. The lowest BCUT2D eigenvalue weighted by Crippen LogP contribution is -2.65. The van der Waals surface area contributed by atoms with Gasteiger partial charge >= 0.3 is 0 Å². The van der Waals surface area contributed by atoms with Gasteiger partial charge in [0, 0.05) is 6.42 Å². The van der Waals surface area contributed by atoms with Crippen LogP contribution in [0.25, 0.3) is 0 Å². The minimum absolute atomic E-state index is 0.199. The van der Waals surface area contributed by atoms with Gasteiger partial charge in [-0.05, 0) is 12.8 Å². The van der Waals surface area contributed by atoms with Crippen LogP contribution in [-0.2, 0) is 23.7 Å². The second-order valence-electron chi connectivity index (χ2n) is 24.7. The van der Waals surface area contributed by atoms with Crippen molar-refractivity contribution >= 4 is 5.91 Å². The fourth-order valence-electron chi connectivity index (χ4n) is 11.8. The van der Waals surface area contributed by atoms with Crippen LogP contribution in [0.4, 0.5) is 0 Å². The van der Waals surface area contributed by atoms with Crippen molar-refractivity contribution in [3.8, 4) is 0 Å². The van der Waals surface area contributed by atoms with Gasteiger partial charge in [0.25, 0.3) is 0 Å². The van der Waals surface area contributed by atoms with Gasteiger partial charge in [-0.25, -0.2) is 0 Å². The van der Waals surface area contributed by atoms with Crippen LogP contribution in [-0.4, -0.2) is 140 Å². The number of hydrogen-bond acceptors (Lipinski definition) is 13. The highest BCUT2D eigenvalue weighted by Crippen LogP contribution is 2.30. The maximum Gasteiger partial charge on any atom is 0.220 e. The second kappa shape index (κ2) is 52.3. The maximum atomic E-state index is 13.3. The molecule has 2 saturated heterocycles. The lowest BCUT2D eigenvalue weighted by atomic mass is 9.97. The lowest BCUT2D eigenvalue weighted by Gasteiger charge is -2.46. The topological polar surface area (TPSA) is 228 Å². The Morgan fingerprint density at radius 3 is 1.06 bits per heavy atom. The summed E-state index contributed by atoms with van der Waals surface area (Å²) in [6.45, 7) is 2.90. The second-order valence-corrected chi connectivity index (χ2v) is 24.7. The average Bonchev–Trinajstić information content (AvgIpc) is 3.49. The van der Waals surface area contributed by atoms with E-state index in [0.29, 0.717) is 12.8 Å². The molecule has 9 N–H and O–H groups in total. The van der Waals surface area contributed by atoms with Crippen molar-refractivity contribution in [3.05, 3.63) is 0 Å². The molecule has 2 fully saturated rings. The first-order chi connectivity index (χ1) is 39.1. The number of nitrogens with one attached hydrogen (secondary N) is 1. The number of unbranched alkanes of at least 4 members (excludes halogenated alkanes) is 44. The van der Waals surface area contributed by atoms with Crippen LogP contribution in [0.2, 0.25) is 0 Å². The largest absolute Gasteiger partial charge is 0.394 e. The molecule has 476 valence electrons. The number of hydrogen-bond donors (Lipinski definition) is 9. The van der Waals surface area contributed by atoms with Crippen LogP contribution >= 0.6 is 0 Å². The summed E-state index contributed by atoms with van der Waals surface area (Å²) in [4.78, 5) is 13.3. The minimum Gasteiger partial charge on any atom is -0.394 e. The standard InChI is InChI=1S/C66H129NO13/c1-3-5-7-9-11-13-15-17-18-19-20-21-22-23-24-25-26-27-28-29-30-31-32-33-34-35-36-38-40-42-44-46-48-50-58(71)67-54(55(70)49-47-45-43-41-39-37-16-14-12-10-8-6-4-2)53-77-65-63(76)61(74)64(57(52-69)79-65)80-66-62(75)60(73)59(72)56(51-68)78-66/h54-57,59-66,68-70,72-76H,3-53H2,1-2H3,(H,67,71). The van der Waals surface area contributed by atoms with Crippen LogP contribution in [0.1, 0.15) is 322 Å². The summed E-state index contributed by atoms with van der Waals surface area (Å²) in [6, 6.07) is -0.823. The zero-order valence-corrected chi connectivity index (χ0v) is 51.6. The van der Waals surface area contributed by atoms with Gasteiger partial charge < -0.3 is 65.1 Å². The zero-order chi connectivity index (χ0) is 58.1. The molecule has 0 aromatic carbocycles. The Morgan fingerprint density at radius 2 is 0.713 bits per heavy atom. The highest BCUT2D eigenvalue weighted by atomic mass is 16.7. The number of rotatable bonds is 57. The van der Waals surface area contributed by atoms with E-state index >= 15 is 0 Å². The van der Waals surface area contributed by atoms with Crippen molar-refractivity contribution in [2.75, 3.05) is 19.8 Å². The first-order valence-corrected chi connectivity index (χ1v) is 34.3. The van der Waals surface area contributed by atoms with Crippen LogP contribution < -0.4 is 5.32 Å². The smallest absolute Gasteiger partial charge is 0.220 e. The number of carbonyl (C=O) groups excluding carboxylic acids is 1. The molecular formula is C66H129NO13. The van der Waals surface area contributed by atoms with Crippen LogP contribution in [0.5, 0.6) is 0 Å². The van der Waals surface area contributed by atoms with E-state index in [2.05, 4.69) is 19.2 Å². The summed E-state index contributed by atoms with van der Waals surface area (Å²) in [6.07, 6.45) is 44.3. The Morgan fingerprint density at radius 1 is 0.400 bits per heavy atom. The van der Waals surface area contributed by atoms with E-state index in [1.54, 1.807) is 0 Å². The third kappa shape index (κ3) is 36.7. The molecule has 12 atom stereocenters. The van der Waals surface area contributed by atoms with E-state index in [0.717, 1.165) is 51.4 Å². The highest BCUT2D eigenvalue weighted by Gasteiger charge is 2.51. The molecule has 0 radical (unpaired) electrons. The van der Waals surface area contributed by atoms with Crippen LogP contribution in [0.3, 0.4) is 0 Å². The molecule has 14 nitrogen and oxygen atoms in total. The van der Waals surface area contributed by atoms with Gasteiger partial charge in [0.1, 0.15) is 48.8 Å². The van der Waals surface area contributed by atoms with Gasteiger partial charge in [-0.15, -0.1) is 0 Å². The van der Waals surface area contributed by atoms with Gasteiger partial charge in [-0.3, -0.25) is 4.79 Å². The summed E-state index contributed by atoms with van der Waals surface area (Å²) in [5.41, 5.74) is 0. The Kier molecular flexibility index (Phi) is 49.1. The Hall–Kier alpha value is -1.01. The molecule has 12 unspecified atom stereocenters. The van der Waals surface area contributed by atoms with E-state index in [9.17, 15) is 45.6 Å². The minimum atomic E-state index is -1.78. The summed E-state index contributed by atoms with van der Waals surface area (Å²) < 4.78 is 22.9. The zero-order valence-electron chi connectivity index (χ0n) is 51.6. The summed E-state index contributed by atoms with van der Waals surface area (Å²) in [5.74, 6) is -0.199. The maximum absolute atomic E-state index is 13.3. The first kappa shape index (κ1) is 75.1. The molecular weight excluding hydrogens is 1010 g/mol. The molecule has 0 aromatic heterocycles. The third-order valence-corrected chi connectivity index (χ3v) is 17.3. The molecule has 0 aromatic rings. The molecule has 2 aliphatic rings. The van der Waals surface area contributed by atoms with Crippen molar-refractivity contribution in [2.24, 2.45) is 0 Å². The summed E-state index contributed by atoms with van der Waals surface area (Å²) in [5, 5.41) is 87.3. The quantitative estimate of drug-likeness (QED) is 0.0259. The number of ether oxygens (including phenoxy) is 4. The average molecular weight is 1140 g/mol. The van der Waals surface area contributed by atoms with Gasteiger partial charge in [0.05, 0.1) is 32.0 Å². The molecule has 80 heavy (non-hydrogen) atoms. The molecule has 2 rings (SSSR count). The molecule has 0 bridgehead atoms. The SMILES string of the molecule is CCCCCCCCCCCCCCCCCCCCCCCCCCCCCCCCCCCC(=O)NC(COC1OC(CO)C(OC2OC(CO)C(O)C(O)C2O)C(O)C1O)C(O)CCCCCCCCCCCCCCC. The van der Waals surface area contributed by atoms with Crippen LogP contribution in [0.15, 0.2) is 0 Å². The van der Waals surface area contributed by atoms with Crippen molar-refractivity contribution in [3.63, 3.8) is 0 Å². The van der Waals surface area contributed by atoms with Gasteiger partial charge in [0.15, 0.2) is 12.6 Å². The van der Waals surface area contributed by atoms with Crippen molar-refractivity contribution in [2.45, 2.75) is 396 Å². The van der Waals surface area contributed by atoms with Crippen LogP contribution in [0, 0.1) is 0 Å². The predicted molar refractivity (Wildman–Crippen MR) is 323 cm³/mol. The fraction of sp³-hybridized carbons (Fsp3) is 0.985. The molecule has 2 aliphatic heterocycles. The first-order valence-electron chi connectivity index (χ1n) is 34.3. The van der Waals surface area contributed by atoms with E-state index in [4.69, 9.17) is 18.9 Å². The normalized spacial score (nSPS) is 24.1.